The average Bonchev–Trinajstić information content (AvgIpc) is 3.26. The van der Waals surface area contributed by atoms with Crippen molar-refractivity contribution in [3.8, 4) is 5.75 Å². The lowest BCUT2D eigenvalue weighted by Crippen LogP contribution is -2.17. The van der Waals surface area contributed by atoms with E-state index in [0.29, 0.717) is 11.3 Å². The van der Waals surface area contributed by atoms with Crippen LogP contribution in [0.2, 0.25) is 0 Å². The maximum atomic E-state index is 12.8. The molecule has 0 aliphatic carbocycles. The molecule has 6 heteroatoms. The van der Waals surface area contributed by atoms with Crippen LogP contribution in [-0.2, 0) is 0 Å². The van der Waals surface area contributed by atoms with Crippen molar-refractivity contribution in [2.45, 2.75) is 12.5 Å². The van der Waals surface area contributed by atoms with Gasteiger partial charge in [0, 0.05) is 31.0 Å². The zero-order valence-electron chi connectivity index (χ0n) is 17.0. The highest BCUT2D eigenvalue weighted by Gasteiger charge is 2.16. The number of nitrogens with zero attached hydrogens (tertiary/aromatic N) is 1. The second kappa shape index (κ2) is 10.1. The summed E-state index contributed by atoms with van der Waals surface area (Å²) in [6, 6.07) is 19.2. The standard InChI is InChI=1S/C23H27N3O2S/c1-24-14-13-21(22-12-7-15-29-22)28-18-9-6-8-17(16-18)23(27)25-19-10-4-5-11-20(19)26(2)3/h4-12,15-16,21,24H,13-14H2,1-3H3,(H,25,27). The molecule has 0 aliphatic rings. The molecule has 0 bridgehead atoms. The van der Waals surface area contributed by atoms with Crippen molar-refractivity contribution >= 4 is 28.6 Å². The molecule has 2 N–H and O–H groups in total. The highest BCUT2D eigenvalue weighted by molar-refractivity contribution is 7.10. The third-order valence-corrected chi connectivity index (χ3v) is 5.49. The number of carbonyl (C=O) groups is 1. The molecule has 1 unspecified atom stereocenters. The van der Waals surface area contributed by atoms with Crippen molar-refractivity contribution in [1.29, 1.82) is 0 Å². The molecule has 0 saturated carbocycles. The normalized spacial score (nSPS) is 11.7. The SMILES string of the molecule is CNCCC(Oc1cccc(C(=O)Nc2ccccc2N(C)C)c1)c1cccs1. The summed E-state index contributed by atoms with van der Waals surface area (Å²) in [5, 5.41) is 8.23. The van der Waals surface area contributed by atoms with Crippen molar-refractivity contribution in [3.63, 3.8) is 0 Å². The van der Waals surface area contributed by atoms with E-state index in [1.54, 1.807) is 23.5 Å². The minimum Gasteiger partial charge on any atom is -0.485 e. The summed E-state index contributed by atoms with van der Waals surface area (Å²) < 4.78 is 6.25. The van der Waals surface area contributed by atoms with Crippen molar-refractivity contribution in [3.05, 3.63) is 76.5 Å². The zero-order valence-corrected chi connectivity index (χ0v) is 17.8. The smallest absolute Gasteiger partial charge is 0.255 e. The van der Waals surface area contributed by atoms with Crippen LogP contribution in [0, 0.1) is 0 Å². The van der Waals surface area contributed by atoms with Crippen LogP contribution in [-0.4, -0.2) is 33.6 Å². The van der Waals surface area contributed by atoms with E-state index < -0.39 is 0 Å². The van der Waals surface area contributed by atoms with E-state index in [9.17, 15) is 4.79 Å². The van der Waals surface area contributed by atoms with Crippen molar-refractivity contribution in [2.75, 3.05) is 37.9 Å². The molecule has 1 heterocycles. The van der Waals surface area contributed by atoms with E-state index in [1.165, 1.54) is 4.88 Å². The molecule has 152 valence electrons. The molecule has 3 aromatic rings. The van der Waals surface area contributed by atoms with E-state index in [4.69, 9.17) is 4.74 Å². The zero-order chi connectivity index (χ0) is 20.6. The summed E-state index contributed by atoms with van der Waals surface area (Å²) in [7, 11) is 5.84. The number of para-hydroxylation sites is 2. The van der Waals surface area contributed by atoms with Crippen molar-refractivity contribution in [2.24, 2.45) is 0 Å². The van der Waals surface area contributed by atoms with Crippen LogP contribution in [0.4, 0.5) is 11.4 Å². The summed E-state index contributed by atoms with van der Waals surface area (Å²) >= 11 is 1.68. The molecule has 0 radical (unpaired) electrons. The van der Waals surface area contributed by atoms with Gasteiger partial charge in [0.1, 0.15) is 11.9 Å². The van der Waals surface area contributed by atoms with E-state index in [2.05, 4.69) is 22.1 Å². The third kappa shape index (κ3) is 5.59. The molecule has 1 atom stereocenters. The number of thiophene rings is 1. The number of hydrogen-bond donors (Lipinski definition) is 2. The lowest BCUT2D eigenvalue weighted by Gasteiger charge is -2.19. The molecular formula is C23H27N3O2S. The Morgan fingerprint density at radius 1 is 1.10 bits per heavy atom. The number of nitrogens with one attached hydrogen (secondary N) is 2. The topological polar surface area (TPSA) is 53.6 Å². The minimum atomic E-state index is -0.160. The largest absolute Gasteiger partial charge is 0.485 e. The van der Waals surface area contributed by atoms with Crippen LogP contribution in [0.25, 0.3) is 0 Å². The van der Waals surface area contributed by atoms with Crippen LogP contribution in [0.3, 0.4) is 0 Å². The summed E-state index contributed by atoms with van der Waals surface area (Å²) in [4.78, 5) is 16.0. The van der Waals surface area contributed by atoms with Crippen molar-refractivity contribution in [1.82, 2.24) is 5.32 Å². The lowest BCUT2D eigenvalue weighted by molar-refractivity contribution is 0.102. The second-order valence-corrected chi connectivity index (χ2v) is 7.89. The van der Waals surface area contributed by atoms with Crippen LogP contribution in [0.1, 0.15) is 27.8 Å². The van der Waals surface area contributed by atoms with Gasteiger partial charge in [-0.1, -0.05) is 24.3 Å². The van der Waals surface area contributed by atoms with Gasteiger partial charge in [0.05, 0.1) is 11.4 Å². The van der Waals surface area contributed by atoms with Crippen LogP contribution in [0.15, 0.2) is 66.0 Å². The molecule has 29 heavy (non-hydrogen) atoms. The van der Waals surface area contributed by atoms with Crippen LogP contribution >= 0.6 is 11.3 Å². The van der Waals surface area contributed by atoms with Crippen molar-refractivity contribution < 1.29 is 9.53 Å². The van der Waals surface area contributed by atoms with Gasteiger partial charge < -0.3 is 20.3 Å². The predicted octanol–water partition coefficient (Wildman–Crippen LogP) is 4.80. The predicted molar refractivity (Wildman–Crippen MR) is 121 cm³/mol. The summed E-state index contributed by atoms with van der Waals surface area (Å²) in [5.41, 5.74) is 2.30. The Hall–Kier alpha value is -2.83. The van der Waals surface area contributed by atoms with Gasteiger partial charge in [0.25, 0.3) is 5.91 Å². The van der Waals surface area contributed by atoms with Gasteiger partial charge in [-0.3, -0.25) is 4.79 Å². The number of anilines is 2. The second-order valence-electron chi connectivity index (χ2n) is 6.91. The van der Waals surface area contributed by atoms with E-state index in [-0.39, 0.29) is 12.0 Å². The first-order valence-electron chi connectivity index (χ1n) is 9.61. The number of amides is 1. The number of benzene rings is 2. The highest BCUT2D eigenvalue weighted by atomic mass is 32.1. The summed E-state index contributed by atoms with van der Waals surface area (Å²) in [6.07, 6.45) is 0.805. The van der Waals surface area contributed by atoms with Gasteiger partial charge in [0.2, 0.25) is 0 Å². The van der Waals surface area contributed by atoms with E-state index in [1.807, 2.05) is 68.5 Å². The molecule has 2 aromatic carbocycles. The number of rotatable bonds is 9. The Labute approximate surface area is 176 Å². The Kier molecular flexibility index (Phi) is 7.27. The minimum absolute atomic E-state index is 0.0461. The fraction of sp³-hybridized carbons (Fsp3) is 0.261. The van der Waals surface area contributed by atoms with Gasteiger partial charge in [-0.25, -0.2) is 0 Å². The lowest BCUT2D eigenvalue weighted by atomic mass is 10.1. The third-order valence-electron chi connectivity index (χ3n) is 4.53. The average molecular weight is 410 g/mol. The molecule has 0 fully saturated rings. The van der Waals surface area contributed by atoms with Gasteiger partial charge in [-0.15, -0.1) is 11.3 Å². The number of hydrogen-bond acceptors (Lipinski definition) is 5. The first-order valence-corrected chi connectivity index (χ1v) is 10.5. The Bertz CT molecular complexity index is 925. The molecular weight excluding hydrogens is 382 g/mol. The maximum Gasteiger partial charge on any atom is 0.255 e. The van der Waals surface area contributed by atoms with Crippen LogP contribution < -0.4 is 20.3 Å². The molecule has 1 aromatic heterocycles. The Morgan fingerprint density at radius 2 is 1.93 bits per heavy atom. The molecule has 3 rings (SSSR count). The number of ether oxygens (including phenoxy) is 1. The fourth-order valence-electron chi connectivity index (χ4n) is 3.05. The Balaban J connectivity index is 1.75. The fourth-order valence-corrected chi connectivity index (χ4v) is 3.84. The van der Waals surface area contributed by atoms with Gasteiger partial charge in [0.15, 0.2) is 0 Å². The monoisotopic (exact) mass is 409 g/mol. The van der Waals surface area contributed by atoms with E-state index >= 15 is 0 Å². The van der Waals surface area contributed by atoms with Gasteiger partial charge in [-0.05, 0) is 55.4 Å². The highest BCUT2D eigenvalue weighted by Crippen LogP contribution is 2.29. The number of carbonyl (C=O) groups excluding carboxylic acids is 1. The first kappa shape index (κ1) is 20.9. The molecule has 5 nitrogen and oxygen atoms in total. The Morgan fingerprint density at radius 3 is 2.66 bits per heavy atom. The molecule has 0 aliphatic heterocycles. The maximum absolute atomic E-state index is 12.8. The quantitative estimate of drug-likeness (QED) is 0.533. The van der Waals surface area contributed by atoms with Gasteiger partial charge >= 0.3 is 0 Å². The summed E-state index contributed by atoms with van der Waals surface area (Å²) in [6.45, 7) is 0.851. The van der Waals surface area contributed by atoms with Gasteiger partial charge in [-0.2, -0.15) is 0 Å². The molecule has 1 amide bonds. The van der Waals surface area contributed by atoms with Crippen LogP contribution in [0.5, 0.6) is 5.75 Å². The van der Waals surface area contributed by atoms with E-state index in [0.717, 1.165) is 24.3 Å². The molecule has 0 saturated heterocycles. The first-order chi connectivity index (χ1) is 14.1. The summed E-state index contributed by atoms with van der Waals surface area (Å²) in [5.74, 6) is 0.528. The molecule has 0 spiro atoms.